The van der Waals surface area contributed by atoms with Crippen LogP contribution in [0.2, 0.25) is 0 Å². The summed E-state index contributed by atoms with van der Waals surface area (Å²) in [5, 5.41) is 1.47. The van der Waals surface area contributed by atoms with Crippen molar-refractivity contribution < 1.29 is 0 Å². The van der Waals surface area contributed by atoms with E-state index in [4.69, 9.17) is 0 Å². The van der Waals surface area contributed by atoms with E-state index in [1.807, 2.05) is 11.8 Å². The molecule has 0 radical (unpaired) electrons. The van der Waals surface area contributed by atoms with Crippen LogP contribution in [0.3, 0.4) is 0 Å². The molecule has 0 aliphatic carbocycles. The molecule has 1 aromatic carbocycles. The van der Waals surface area contributed by atoms with Crippen LogP contribution in [0, 0.1) is 12.8 Å². The topological polar surface area (TPSA) is 19.0 Å². The normalized spacial score (nSPS) is 29.2. The molecule has 3 saturated heterocycles. The van der Waals surface area contributed by atoms with E-state index in [0.29, 0.717) is 0 Å². The first-order valence-electron chi connectivity index (χ1n) is 7.65. The Hall–Kier alpha value is -0.930. The molecule has 3 heteroatoms. The van der Waals surface area contributed by atoms with Crippen LogP contribution in [0.15, 0.2) is 23.1 Å². The van der Waals surface area contributed by atoms with Crippen molar-refractivity contribution in [2.24, 2.45) is 5.92 Å². The number of aromatic nitrogens is 1. The van der Waals surface area contributed by atoms with Gasteiger partial charge in [-0.05, 0) is 68.8 Å². The van der Waals surface area contributed by atoms with E-state index in [0.717, 1.165) is 11.8 Å². The number of piperidine rings is 3. The first kappa shape index (κ1) is 12.8. The van der Waals surface area contributed by atoms with Crippen molar-refractivity contribution in [2.75, 3.05) is 25.9 Å². The molecule has 5 rings (SSSR count). The molecule has 2 nitrogen and oxygen atoms in total. The molecular formula is C17H22N2S. The van der Waals surface area contributed by atoms with Crippen molar-refractivity contribution in [3.05, 3.63) is 29.5 Å². The summed E-state index contributed by atoms with van der Waals surface area (Å²) in [4.78, 5) is 7.64. The Morgan fingerprint density at radius 3 is 2.70 bits per heavy atom. The second kappa shape index (κ2) is 4.81. The largest absolute Gasteiger partial charge is 0.358 e. The predicted molar refractivity (Wildman–Crippen MR) is 86.7 cm³/mol. The fourth-order valence-electron chi connectivity index (χ4n) is 4.22. The Morgan fingerprint density at radius 2 is 2.05 bits per heavy atom. The standard InChI is InChI=1S/C17H22N2S/c1-11-17(15-10-19-7-5-12(15)6-8-19)14-9-13(20-2)3-4-16(14)18-11/h3-4,9,12,15,18H,5-8,10H2,1-2H3. The first-order chi connectivity index (χ1) is 9.76. The number of rotatable bonds is 2. The highest BCUT2D eigenvalue weighted by Crippen LogP contribution is 2.43. The first-order valence-corrected chi connectivity index (χ1v) is 8.87. The molecule has 20 heavy (non-hydrogen) atoms. The van der Waals surface area contributed by atoms with Gasteiger partial charge >= 0.3 is 0 Å². The lowest BCUT2D eigenvalue weighted by Crippen LogP contribution is -2.46. The summed E-state index contributed by atoms with van der Waals surface area (Å²) < 4.78 is 0. The monoisotopic (exact) mass is 286 g/mol. The number of hydrogen-bond acceptors (Lipinski definition) is 2. The Morgan fingerprint density at radius 1 is 1.25 bits per heavy atom. The van der Waals surface area contributed by atoms with Crippen molar-refractivity contribution in [1.29, 1.82) is 0 Å². The van der Waals surface area contributed by atoms with Gasteiger partial charge in [-0.25, -0.2) is 0 Å². The number of benzene rings is 1. The van der Waals surface area contributed by atoms with Gasteiger partial charge < -0.3 is 9.88 Å². The Kier molecular flexibility index (Phi) is 3.08. The quantitative estimate of drug-likeness (QED) is 0.841. The third-order valence-corrected chi connectivity index (χ3v) is 6.00. The van der Waals surface area contributed by atoms with Crippen molar-refractivity contribution in [3.63, 3.8) is 0 Å². The smallest absolute Gasteiger partial charge is 0.0459 e. The fourth-order valence-corrected chi connectivity index (χ4v) is 4.66. The van der Waals surface area contributed by atoms with Gasteiger partial charge in [0.15, 0.2) is 0 Å². The molecule has 2 bridgehead atoms. The average molecular weight is 286 g/mol. The predicted octanol–water partition coefficient (Wildman–Crippen LogP) is 4.01. The van der Waals surface area contributed by atoms with Gasteiger partial charge in [0.05, 0.1) is 0 Å². The van der Waals surface area contributed by atoms with Crippen LogP contribution in [0.25, 0.3) is 10.9 Å². The minimum atomic E-state index is 0.739. The number of aryl methyl sites for hydroxylation is 1. The van der Waals surface area contributed by atoms with E-state index in [1.54, 1.807) is 5.56 Å². The number of aromatic amines is 1. The summed E-state index contributed by atoms with van der Waals surface area (Å²) in [5.41, 5.74) is 4.30. The highest BCUT2D eigenvalue weighted by molar-refractivity contribution is 7.98. The number of nitrogens with zero attached hydrogens (tertiary/aromatic N) is 1. The molecule has 0 spiro atoms. The molecule has 4 heterocycles. The molecular weight excluding hydrogens is 264 g/mol. The summed E-state index contributed by atoms with van der Waals surface area (Å²) in [6.07, 6.45) is 4.94. The lowest BCUT2D eigenvalue weighted by Gasteiger charge is -2.45. The van der Waals surface area contributed by atoms with E-state index in [-0.39, 0.29) is 0 Å². The van der Waals surface area contributed by atoms with Crippen LogP contribution in [0.1, 0.15) is 30.0 Å². The summed E-state index contributed by atoms with van der Waals surface area (Å²) in [5.74, 6) is 1.64. The third kappa shape index (κ3) is 1.91. The summed E-state index contributed by atoms with van der Waals surface area (Å²) >= 11 is 1.84. The second-order valence-corrected chi connectivity index (χ2v) is 7.20. The van der Waals surface area contributed by atoms with Gasteiger partial charge in [-0.1, -0.05) is 0 Å². The maximum absolute atomic E-state index is 3.61. The molecule has 1 N–H and O–H groups in total. The zero-order valence-electron chi connectivity index (χ0n) is 12.3. The van der Waals surface area contributed by atoms with Crippen LogP contribution >= 0.6 is 11.8 Å². The van der Waals surface area contributed by atoms with Gasteiger partial charge in [-0.15, -0.1) is 11.8 Å². The van der Waals surface area contributed by atoms with E-state index in [1.165, 1.54) is 54.0 Å². The molecule has 0 saturated carbocycles. The van der Waals surface area contributed by atoms with Gasteiger partial charge in [-0.3, -0.25) is 0 Å². The highest BCUT2D eigenvalue weighted by Gasteiger charge is 2.36. The van der Waals surface area contributed by atoms with Crippen LogP contribution in [0.4, 0.5) is 0 Å². The maximum Gasteiger partial charge on any atom is 0.0459 e. The molecule has 1 aromatic heterocycles. The second-order valence-electron chi connectivity index (χ2n) is 6.32. The average Bonchev–Trinajstić information content (AvgIpc) is 2.83. The highest BCUT2D eigenvalue weighted by atomic mass is 32.2. The number of nitrogens with one attached hydrogen (secondary N) is 1. The van der Waals surface area contributed by atoms with Crippen LogP contribution in [-0.4, -0.2) is 35.8 Å². The Bertz CT molecular complexity index is 638. The lowest BCUT2D eigenvalue weighted by atomic mass is 9.75. The molecule has 0 amide bonds. The summed E-state index contributed by atoms with van der Waals surface area (Å²) in [6, 6.07) is 6.86. The SMILES string of the molecule is CSc1ccc2[nH]c(C)c(C3CN4CCC3CC4)c2c1. The van der Waals surface area contributed by atoms with Gasteiger partial charge in [0.2, 0.25) is 0 Å². The fraction of sp³-hybridized carbons (Fsp3) is 0.529. The van der Waals surface area contributed by atoms with E-state index in [2.05, 4.69) is 41.3 Å². The van der Waals surface area contributed by atoms with Crippen LogP contribution in [0.5, 0.6) is 0 Å². The number of fused-ring (bicyclic) bond motifs is 4. The zero-order chi connectivity index (χ0) is 13.7. The van der Waals surface area contributed by atoms with Gasteiger partial charge in [-0.2, -0.15) is 0 Å². The summed E-state index contributed by atoms with van der Waals surface area (Å²) in [7, 11) is 0. The van der Waals surface area contributed by atoms with Crippen LogP contribution in [-0.2, 0) is 0 Å². The maximum atomic E-state index is 3.61. The molecule has 3 fully saturated rings. The zero-order valence-corrected chi connectivity index (χ0v) is 13.1. The molecule has 3 aliphatic rings. The molecule has 3 aliphatic heterocycles. The van der Waals surface area contributed by atoms with Crippen molar-refractivity contribution in [2.45, 2.75) is 30.6 Å². The van der Waals surface area contributed by atoms with Gasteiger partial charge in [0.25, 0.3) is 0 Å². The van der Waals surface area contributed by atoms with Crippen LogP contribution < -0.4 is 0 Å². The minimum absolute atomic E-state index is 0.739. The van der Waals surface area contributed by atoms with E-state index < -0.39 is 0 Å². The molecule has 1 atom stereocenters. The molecule has 2 aromatic rings. The third-order valence-electron chi connectivity index (χ3n) is 5.27. The number of hydrogen-bond donors (Lipinski definition) is 1. The Labute approximate surface area is 124 Å². The Balaban J connectivity index is 1.84. The van der Waals surface area contributed by atoms with Crippen molar-refractivity contribution in [3.8, 4) is 0 Å². The lowest BCUT2D eigenvalue weighted by molar-refractivity contribution is 0.0874. The number of H-pyrrole nitrogens is 1. The summed E-state index contributed by atoms with van der Waals surface area (Å²) in [6.45, 7) is 6.16. The van der Waals surface area contributed by atoms with E-state index >= 15 is 0 Å². The minimum Gasteiger partial charge on any atom is -0.358 e. The van der Waals surface area contributed by atoms with Gasteiger partial charge in [0, 0.05) is 34.0 Å². The van der Waals surface area contributed by atoms with E-state index in [9.17, 15) is 0 Å². The molecule has 1 unspecified atom stereocenters. The van der Waals surface area contributed by atoms with Crippen molar-refractivity contribution >= 4 is 22.7 Å². The number of thioether (sulfide) groups is 1. The van der Waals surface area contributed by atoms with Crippen molar-refractivity contribution in [1.82, 2.24) is 9.88 Å². The molecule has 106 valence electrons. The van der Waals surface area contributed by atoms with Gasteiger partial charge in [0.1, 0.15) is 0 Å².